The monoisotopic (exact) mass is 276 g/mol. The number of pyridine rings is 1. The van der Waals surface area contributed by atoms with Crippen molar-refractivity contribution in [2.24, 2.45) is 0 Å². The van der Waals surface area contributed by atoms with Crippen LogP contribution in [0.15, 0.2) is 30.5 Å². The molecule has 20 heavy (non-hydrogen) atoms. The van der Waals surface area contributed by atoms with Gasteiger partial charge in [-0.15, -0.1) is 0 Å². The third kappa shape index (κ3) is 3.16. The van der Waals surface area contributed by atoms with Gasteiger partial charge in [-0.2, -0.15) is 0 Å². The number of carboxylic acid groups (broad SMARTS) is 1. The number of carboxylic acids is 1. The Labute approximate surface area is 116 Å². The predicted octanol–water partition coefficient (Wildman–Crippen LogP) is 1.84. The number of phenols is 1. The summed E-state index contributed by atoms with van der Waals surface area (Å²) in [5.74, 6) is -0.430. The maximum Gasteiger partial charge on any atom is 0.326 e. The molecule has 6 heteroatoms. The Morgan fingerprint density at radius 3 is 2.95 bits per heavy atom. The molecule has 1 unspecified atom stereocenters. The zero-order valence-electron chi connectivity index (χ0n) is 11.0. The summed E-state index contributed by atoms with van der Waals surface area (Å²) in [4.78, 5) is 15.4. The van der Waals surface area contributed by atoms with Crippen molar-refractivity contribution < 1.29 is 19.7 Å². The first-order valence-electron chi connectivity index (χ1n) is 6.18. The Morgan fingerprint density at radius 2 is 2.25 bits per heavy atom. The number of nitrogens with zero attached hydrogens (tertiary/aromatic N) is 1. The number of methoxy groups -OCH3 is 1. The van der Waals surface area contributed by atoms with Gasteiger partial charge in [0.05, 0.1) is 0 Å². The van der Waals surface area contributed by atoms with Crippen molar-refractivity contribution >= 4 is 22.6 Å². The molecule has 2 rings (SSSR count). The summed E-state index contributed by atoms with van der Waals surface area (Å²) in [6, 6.07) is 5.88. The number of ether oxygens (including phenoxy) is 1. The van der Waals surface area contributed by atoms with Crippen molar-refractivity contribution in [1.82, 2.24) is 4.98 Å². The van der Waals surface area contributed by atoms with E-state index in [-0.39, 0.29) is 5.75 Å². The molecule has 1 aromatic carbocycles. The minimum absolute atomic E-state index is 0.109. The molecule has 0 aliphatic carbocycles. The van der Waals surface area contributed by atoms with Crippen molar-refractivity contribution in [3.63, 3.8) is 0 Å². The van der Waals surface area contributed by atoms with Crippen LogP contribution in [0.3, 0.4) is 0 Å². The quantitative estimate of drug-likeness (QED) is 0.745. The van der Waals surface area contributed by atoms with E-state index in [1.54, 1.807) is 30.5 Å². The number of carbonyl (C=O) groups is 1. The van der Waals surface area contributed by atoms with Gasteiger partial charge >= 0.3 is 5.97 Å². The predicted molar refractivity (Wildman–Crippen MR) is 74.9 cm³/mol. The standard InChI is InChI=1S/C14H16N2O4/c1-20-7-5-12(14(18)19)16-13-11-8-10(17)3-2-9(11)4-6-15-13/h2-4,6,8,12,17H,5,7H2,1H3,(H,15,16)(H,18,19). The average Bonchev–Trinajstić information content (AvgIpc) is 2.43. The van der Waals surface area contributed by atoms with Crippen molar-refractivity contribution in [1.29, 1.82) is 0 Å². The van der Waals surface area contributed by atoms with Gasteiger partial charge in [0.25, 0.3) is 0 Å². The van der Waals surface area contributed by atoms with Crippen LogP contribution >= 0.6 is 0 Å². The van der Waals surface area contributed by atoms with Crippen molar-refractivity contribution in [3.8, 4) is 5.75 Å². The van der Waals surface area contributed by atoms with Crippen LogP contribution in [0.5, 0.6) is 5.75 Å². The number of aliphatic carboxylic acids is 1. The lowest BCUT2D eigenvalue weighted by molar-refractivity contribution is -0.138. The summed E-state index contributed by atoms with van der Waals surface area (Å²) in [5, 5.41) is 23.2. The Balaban J connectivity index is 2.31. The van der Waals surface area contributed by atoms with E-state index < -0.39 is 12.0 Å². The normalized spacial score (nSPS) is 12.2. The topological polar surface area (TPSA) is 91.7 Å². The van der Waals surface area contributed by atoms with Crippen LogP contribution in [-0.4, -0.2) is 40.9 Å². The number of aromatic hydroxyl groups is 1. The number of fused-ring (bicyclic) bond motifs is 1. The van der Waals surface area contributed by atoms with Crippen LogP contribution in [0.2, 0.25) is 0 Å². The molecule has 0 radical (unpaired) electrons. The van der Waals surface area contributed by atoms with Crippen molar-refractivity contribution in [2.45, 2.75) is 12.5 Å². The van der Waals surface area contributed by atoms with Crippen LogP contribution in [0.4, 0.5) is 5.82 Å². The van der Waals surface area contributed by atoms with Gasteiger partial charge in [-0.3, -0.25) is 0 Å². The summed E-state index contributed by atoms with van der Waals surface area (Å²) in [5.41, 5.74) is 0. The third-order valence-corrected chi connectivity index (χ3v) is 2.97. The van der Waals surface area contributed by atoms with E-state index in [0.29, 0.717) is 24.2 Å². The molecule has 0 aliphatic heterocycles. The first-order valence-corrected chi connectivity index (χ1v) is 6.18. The number of hydrogen-bond donors (Lipinski definition) is 3. The van der Waals surface area contributed by atoms with Crippen LogP contribution in [0, 0.1) is 0 Å². The zero-order chi connectivity index (χ0) is 14.5. The van der Waals surface area contributed by atoms with Crippen LogP contribution in [0.25, 0.3) is 10.8 Å². The number of aromatic nitrogens is 1. The van der Waals surface area contributed by atoms with E-state index in [4.69, 9.17) is 4.74 Å². The number of anilines is 1. The fourth-order valence-electron chi connectivity index (χ4n) is 1.93. The summed E-state index contributed by atoms with van der Waals surface area (Å²) in [7, 11) is 1.52. The molecule has 6 nitrogen and oxygen atoms in total. The molecule has 0 aliphatic rings. The lowest BCUT2D eigenvalue weighted by atomic mass is 10.1. The van der Waals surface area contributed by atoms with Gasteiger partial charge in [0.1, 0.15) is 17.6 Å². The summed E-state index contributed by atoms with van der Waals surface area (Å²) in [6.45, 7) is 0.333. The lowest BCUT2D eigenvalue weighted by Gasteiger charge is -2.16. The fraction of sp³-hybridized carbons (Fsp3) is 0.286. The van der Waals surface area contributed by atoms with Gasteiger partial charge in [0.2, 0.25) is 0 Å². The van der Waals surface area contributed by atoms with Gasteiger partial charge < -0.3 is 20.3 Å². The average molecular weight is 276 g/mol. The highest BCUT2D eigenvalue weighted by Gasteiger charge is 2.18. The second kappa shape index (κ2) is 6.21. The fourth-order valence-corrected chi connectivity index (χ4v) is 1.93. The zero-order valence-corrected chi connectivity index (χ0v) is 11.0. The number of rotatable bonds is 6. The van der Waals surface area contributed by atoms with Crippen molar-refractivity contribution in [3.05, 3.63) is 30.5 Å². The highest BCUT2D eigenvalue weighted by molar-refractivity contribution is 5.94. The van der Waals surface area contributed by atoms with Gasteiger partial charge in [-0.05, 0) is 23.6 Å². The smallest absolute Gasteiger partial charge is 0.326 e. The maximum atomic E-state index is 11.2. The number of phenolic OH excluding ortho intramolecular Hbond substituents is 1. The Hall–Kier alpha value is -2.34. The number of benzene rings is 1. The van der Waals surface area contributed by atoms with Gasteiger partial charge in [0, 0.05) is 31.7 Å². The molecular formula is C14H16N2O4. The SMILES string of the molecule is COCCC(Nc1nccc2ccc(O)cc12)C(=O)O. The lowest BCUT2D eigenvalue weighted by Crippen LogP contribution is -2.30. The molecular weight excluding hydrogens is 260 g/mol. The molecule has 1 heterocycles. The molecule has 106 valence electrons. The molecule has 1 atom stereocenters. The minimum Gasteiger partial charge on any atom is -0.508 e. The molecule has 3 N–H and O–H groups in total. The van der Waals surface area contributed by atoms with E-state index in [2.05, 4.69) is 10.3 Å². The van der Waals surface area contributed by atoms with Gasteiger partial charge in [0.15, 0.2) is 0 Å². The van der Waals surface area contributed by atoms with E-state index in [0.717, 1.165) is 5.39 Å². The highest BCUT2D eigenvalue weighted by atomic mass is 16.5. The maximum absolute atomic E-state index is 11.2. The molecule has 0 bridgehead atoms. The molecule has 0 saturated carbocycles. The van der Waals surface area contributed by atoms with Crippen LogP contribution < -0.4 is 5.32 Å². The second-order valence-corrected chi connectivity index (χ2v) is 4.38. The Bertz CT molecular complexity index is 615. The van der Waals surface area contributed by atoms with Gasteiger partial charge in [-0.25, -0.2) is 9.78 Å². The largest absolute Gasteiger partial charge is 0.508 e. The molecule has 0 spiro atoms. The molecule has 2 aromatic rings. The van der Waals surface area contributed by atoms with Crippen LogP contribution in [-0.2, 0) is 9.53 Å². The Morgan fingerprint density at radius 1 is 1.45 bits per heavy atom. The second-order valence-electron chi connectivity index (χ2n) is 4.38. The van der Waals surface area contributed by atoms with E-state index in [1.165, 1.54) is 7.11 Å². The first kappa shape index (κ1) is 14.1. The number of nitrogens with one attached hydrogen (secondary N) is 1. The molecule has 0 fully saturated rings. The summed E-state index contributed by atoms with van der Waals surface area (Å²) < 4.78 is 4.90. The van der Waals surface area contributed by atoms with E-state index in [1.807, 2.05) is 0 Å². The highest BCUT2D eigenvalue weighted by Crippen LogP contribution is 2.25. The van der Waals surface area contributed by atoms with Crippen molar-refractivity contribution in [2.75, 3.05) is 19.0 Å². The van der Waals surface area contributed by atoms with E-state index >= 15 is 0 Å². The Kier molecular flexibility index (Phi) is 4.37. The van der Waals surface area contributed by atoms with E-state index in [9.17, 15) is 15.0 Å². The number of hydrogen-bond acceptors (Lipinski definition) is 5. The minimum atomic E-state index is -0.971. The van der Waals surface area contributed by atoms with Crippen LogP contribution in [0.1, 0.15) is 6.42 Å². The molecule has 0 saturated heterocycles. The summed E-state index contributed by atoms with van der Waals surface area (Å²) >= 11 is 0. The third-order valence-electron chi connectivity index (χ3n) is 2.97. The summed E-state index contributed by atoms with van der Waals surface area (Å²) in [6.07, 6.45) is 1.92. The molecule has 0 amide bonds. The first-order chi connectivity index (χ1) is 9.61. The van der Waals surface area contributed by atoms with Gasteiger partial charge in [-0.1, -0.05) is 6.07 Å². The molecule has 1 aromatic heterocycles.